The number of benzene rings is 3. The molecule has 0 saturated heterocycles. The molecule has 0 aromatic heterocycles. The van der Waals surface area contributed by atoms with Gasteiger partial charge in [0.1, 0.15) is 12.3 Å². The van der Waals surface area contributed by atoms with Crippen LogP contribution in [-0.4, -0.2) is 29.8 Å². The highest BCUT2D eigenvalue weighted by Gasteiger charge is 2.39. The molecule has 7 heteroatoms. The van der Waals surface area contributed by atoms with E-state index in [0.717, 1.165) is 18.4 Å². The second kappa shape index (κ2) is 10.6. The topological polar surface area (TPSA) is 86.5 Å². The van der Waals surface area contributed by atoms with Crippen molar-refractivity contribution in [2.24, 2.45) is 11.8 Å². The summed E-state index contributed by atoms with van der Waals surface area (Å²) in [7, 11) is 0. The Balaban J connectivity index is 1.33. The molecule has 0 heterocycles. The fraction of sp³-hybridized carbons (Fsp3) is 0.344. The number of ether oxygens (including phenoxy) is 1. The molecular weight excluding hydrogens is 513 g/mol. The minimum absolute atomic E-state index is 0.0152. The quantitative estimate of drug-likeness (QED) is 0.169. The molecule has 0 aliphatic heterocycles. The Morgan fingerprint density at radius 1 is 0.872 bits per heavy atom. The first-order valence-corrected chi connectivity index (χ1v) is 14.6. The smallest absolute Gasteiger partial charge is 0.340 e. The number of hydrogen-bond donors (Lipinski definition) is 1. The van der Waals surface area contributed by atoms with Gasteiger partial charge in [-0.2, -0.15) is 0 Å². The molecule has 0 amide bonds. The maximum Gasteiger partial charge on any atom is 0.340 e. The summed E-state index contributed by atoms with van der Waals surface area (Å²) < 4.78 is 19.8. The van der Waals surface area contributed by atoms with Crippen LogP contribution < -0.4 is 5.73 Å². The number of carbonyl (C=O) groups excluding carboxylic acids is 3. The van der Waals surface area contributed by atoms with Crippen LogP contribution in [0.1, 0.15) is 86.3 Å². The number of anilines is 1. The average Bonchev–Trinajstić information content (AvgIpc) is 2.95. The zero-order valence-electron chi connectivity index (χ0n) is 21.5. The minimum Gasteiger partial charge on any atom is -0.459 e. The molecule has 0 spiro atoms. The molecule has 6 rings (SSSR count). The van der Waals surface area contributed by atoms with Crippen molar-refractivity contribution < 1.29 is 23.5 Å². The molecule has 3 aromatic carbocycles. The fourth-order valence-electron chi connectivity index (χ4n) is 6.41. The van der Waals surface area contributed by atoms with Gasteiger partial charge in [0.25, 0.3) is 0 Å². The van der Waals surface area contributed by atoms with Crippen LogP contribution >= 0.6 is 11.8 Å². The summed E-state index contributed by atoms with van der Waals surface area (Å²) in [6, 6.07) is 18.1. The number of rotatable bonds is 5. The van der Waals surface area contributed by atoms with E-state index in [2.05, 4.69) is 0 Å². The SMILES string of the molecule is Nc1c(C(=O)O[C@@H]2CC[C@@H]3CC(F)CCC3C2)cc(SCc2ccccc2)c2c1C(=O)c1ccccc1C2=O. The van der Waals surface area contributed by atoms with Gasteiger partial charge in [0, 0.05) is 27.3 Å². The minimum atomic E-state index is -0.724. The number of ketones is 2. The molecular formula is C32H30FNO4S. The summed E-state index contributed by atoms with van der Waals surface area (Å²) in [5.41, 5.74) is 8.59. The van der Waals surface area contributed by atoms with Crippen LogP contribution in [0.2, 0.25) is 0 Å². The van der Waals surface area contributed by atoms with Gasteiger partial charge in [-0.25, -0.2) is 9.18 Å². The van der Waals surface area contributed by atoms with Gasteiger partial charge in [0.15, 0.2) is 11.6 Å². The van der Waals surface area contributed by atoms with Crippen molar-refractivity contribution in [3.05, 3.63) is 94.0 Å². The highest BCUT2D eigenvalue weighted by atomic mass is 32.2. The molecule has 0 radical (unpaired) electrons. The second-order valence-electron chi connectivity index (χ2n) is 10.8. The summed E-state index contributed by atoms with van der Waals surface area (Å²) >= 11 is 1.40. The third-order valence-corrected chi connectivity index (χ3v) is 9.54. The summed E-state index contributed by atoms with van der Waals surface area (Å²) in [4.78, 5) is 41.3. The molecule has 2 unspecified atom stereocenters. The molecule has 39 heavy (non-hydrogen) atoms. The van der Waals surface area contributed by atoms with Crippen molar-refractivity contribution in [2.45, 2.75) is 61.4 Å². The van der Waals surface area contributed by atoms with E-state index in [-0.39, 0.29) is 45.6 Å². The molecule has 200 valence electrons. The molecule has 3 aliphatic carbocycles. The van der Waals surface area contributed by atoms with Crippen molar-refractivity contribution in [1.29, 1.82) is 0 Å². The number of thioether (sulfide) groups is 1. The number of nitrogens with two attached hydrogens (primary N) is 1. The van der Waals surface area contributed by atoms with Gasteiger partial charge < -0.3 is 10.5 Å². The van der Waals surface area contributed by atoms with Crippen LogP contribution in [-0.2, 0) is 10.5 Å². The Labute approximate surface area is 231 Å². The van der Waals surface area contributed by atoms with Gasteiger partial charge in [-0.05, 0) is 62.0 Å². The lowest BCUT2D eigenvalue weighted by Crippen LogP contribution is -2.35. The van der Waals surface area contributed by atoms with Crippen molar-refractivity contribution in [3.63, 3.8) is 0 Å². The van der Waals surface area contributed by atoms with Crippen LogP contribution in [0.25, 0.3) is 0 Å². The van der Waals surface area contributed by atoms with E-state index < -0.39 is 12.1 Å². The summed E-state index contributed by atoms with van der Waals surface area (Å²) in [6.45, 7) is 0. The Hall–Kier alpha value is -3.45. The van der Waals surface area contributed by atoms with E-state index in [1.807, 2.05) is 30.3 Å². The third-order valence-electron chi connectivity index (χ3n) is 8.43. The lowest BCUT2D eigenvalue weighted by molar-refractivity contribution is -0.00817. The van der Waals surface area contributed by atoms with E-state index in [1.54, 1.807) is 30.3 Å². The summed E-state index contributed by atoms with van der Waals surface area (Å²) in [6.07, 6.45) is 3.23. The predicted molar refractivity (Wildman–Crippen MR) is 149 cm³/mol. The summed E-state index contributed by atoms with van der Waals surface area (Å²) in [5, 5.41) is 0. The van der Waals surface area contributed by atoms with Gasteiger partial charge in [-0.15, -0.1) is 11.8 Å². The van der Waals surface area contributed by atoms with Crippen LogP contribution in [0.5, 0.6) is 0 Å². The zero-order chi connectivity index (χ0) is 27.1. The Morgan fingerprint density at radius 3 is 2.26 bits per heavy atom. The lowest BCUT2D eigenvalue weighted by atomic mass is 9.69. The number of halogens is 1. The number of esters is 1. The third kappa shape index (κ3) is 4.89. The monoisotopic (exact) mass is 543 g/mol. The van der Waals surface area contributed by atoms with E-state index >= 15 is 0 Å². The van der Waals surface area contributed by atoms with Crippen molar-refractivity contribution >= 4 is 35.0 Å². The number of nitrogen functional groups attached to an aromatic ring is 1. The Kier molecular flexibility index (Phi) is 7.02. The standard InChI is InChI=1S/C32H30FNO4S/c33-21-12-10-20-15-22(13-11-19(20)14-21)38-32(37)25-16-26(39-17-18-6-2-1-3-7-18)27-28(29(25)34)31(36)24-9-5-4-8-23(24)30(27)35/h1-9,16,19-22H,10-15,17,34H2/t19-,20?,21?,22-/m1/s1. The van der Waals surface area contributed by atoms with Gasteiger partial charge >= 0.3 is 5.97 Å². The molecule has 2 fully saturated rings. The van der Waals surface area contributed by atoms with Crippen LogP contribution in [0.4, 0.5) is 10.1 Å². The van der Waals surface area contributed by atoms with E-state index in [9.17, 15) is 18.8 Å². The first kappa shape index (κ1) is 25.8. The van der Waals surface area contributed by atoms with Gasteiger partial charge in [0.05, 0.1) is 16.8 Å². The molecule has 3 aromatic rings. The van der Waals surface area contributed by atoms with Gasteiger partial charge in [-0.3, -0.25) is 9.59 Å². The normalized spacial score (nSPS) is 23.9. The number of hydrogen-bond acceptors (Lipinski definition) is 6. The van der Waals surface area contributed by atoms with Crippen molar-refractivity contribution in [2.75, 3.05) is 5.73 Å². The molecule has 4 atom stereocenters. The first-order valence-electron chi connectivity index (χ1n) is 13.6. The molecule has 5 nitrogen and oxygen atoms in total. The first-order chi connectivity index (χ1) is 18.9. The molecule has 3 aliphatic rings. The highest BCUT2D eigenvalue weighted by Crippen LogP contribution is 2.43. The van der Waals surface area contributed by atoms with Gasteiger partial charge in [-0.1, -0.05) is 54.6 Å². The average molecular weight is 544 g/mol. The molecule has 2 saturated carbocycles. The fourth-order valence-corrected chi connectivity index (χ4v) is 7.47. The lowest BCUT2D eigenvalue weighted by Gasteiger charge is -2.40. The molecule has 0 bridgehead atoms. The Bertz CT molecular complexity index is 1460. The number of fused-ring (bicyclic) bond motifs is 3. The van der Waals surface area contributed by atoms with Crippen molar-refractivity contribution in [3.8, 4) is 0 Å². The zero-order valence-corrected chi connectivity index (χ0v) is 22.3. The molecule has 2 N–H and O–H groups in total. The maximum absolute atomic E-state index is 13.9. The van der Waals surface area contributed by atoms with E-state index in [1.165, 1.54) is 11.8 Å². The van der Waals surface area contributed by atoms with Gasteiger partial charge in [0.2, 0.25) is 0 Å². The number of carbonyl (C=O) groups is 3. The van der Waals surface area contributed by atoms with Crippen molar-refractivity contribution in [1.82, 2.24) is 0 Å². The van der Waals surface area contributed by atoms with Crippen LogP contribution in [0.3, 0.4) is 0 Å². The Morgan fingerprint density at radius 2 is 1.51 bits per heavy atom. The van der Waals surface area contributed by atoms with Crippen LogP contribution in [0, 0.1) is 11.8 Å². The summed E-state index contributed by atoms with van der Waals surface area (Å²) in [5.74, 6) is 0.0373. The highest BCUT2D eigenvalue weighted by molar-refractivity contribution is 7.98. The predicted octanol–water partition coefficient (Wildman–Crippen LogP) is 6.80. The van der Waals surface area contributed by atoms with E-state index in [0.29, 0.717) is 53.7 Å². The van der Waals surface area contributed by atoms with E-state index in [4.69, 9.17) is 10.5 Å². The largest absolute Gasteiger partial charge is 0.459 e. The van der Waals surface area contributed by atoms with Crippen LogP contribution in [0.15, 0.2) is 65.6 Å². The number of alkyl halides is 1. The second-order valence-corrected chi connectivity index (χ2v) is 11.9. The maximum atomic E-state index is 13.9.